The largest absolute Gasteiger partial charge is 0.490 e. The molecule has 0 spiro atoms. The Balaban J connectivity index is 0.000000559. The van der Waals surface area contributed by atoms with Crippen molar-refractivity contribution in [2.75, 3.05) is 37.6 Å². The Bertz CT molecular complexity index is 1690. The van der Waals surface area contributed by atoms with Crippen LogP contribution in [0.25, 0.3) is 0 Å². The molecule has 246 valence electrons. The van der Waals surface area contributed by atoms with Gasteiger partial charge in [-0.05, 0) is 66.4 Å². The van der Waals surface area contributed by atoms with E-state index in [1.807, 2.05) is 47.4 Å². The van der Waals surface area contributed by atoms with Gasteiger partial charge in [0.25, 0.3) is 11.8 Å². The number of carboxylic acids is 1. The summed E-state index contributed by atoms with van der Waals surface area (Å²) in [6, 6.07) is 20.1. The first-order chi connectivity index (χ1) is 22.4. The molecule has 0 unspecified atom stereocenters. The summed E-state index contributed by atoms with van der Waals surface area (Å²) in [4.78, 5) is 58.6. The number of aliphatic carboxylic acids is 1. The molecule has 14 heteroatoms. The minimum atomic E-state index is -5.08. The number of hydrogen-bond donors (Lipinski definition) is 2. The highest BCUT2D eigenvalue weighted by molar-refractivity contribution is 6.30. The third kappa shape index (κ3) is 8.09. The van der Waals surface area contributed by atoms with Crippen molar-refractivity contribution in [2.45, 2.75) is 32.1 Å². The van der Waals surface area contributed by atoms with E-state index >= 15 is 0 Å². The molecule has 0 radical (unpaired) electrons. The second kappa shape index (κ2) is 14.2. The number of fused-ring (bicyclic) bond motifs is 1. The van der Waals surface area contributed by atoms with Crippen molar-refractivity contribution < 1.29 is 37.5 Å². The third-order valence-electron chi connectivity index (χ3n) is 7.87. The van der Waals surface area contributed by atoms with Crippen LogP contribution in [0, 0.1) is 0 Å². The molecule has 0 saturated carbocycles. The molecule has 1 fully saturated rings. The number of likely N-dealkylation sites (tertiary alicyclic amines) is 1. The Morgan fingerprint density at radius 1 is 0.872 bits per heavy atom. The van der Waals surface area contributed by atoms with Crippen LogP contribution in [-0.2, 0) is 22.7 Å². The number of alkyl halides is 3. The van der Waals surface area contributed by atoms with Crippen molar-refractivity contribution in [3.05, 3.63) is 99.6 Å². The molecule has 0 aromatic heterocycles. The van der Waals surface area contributed by atoms with Gasteiger partial charge in [0.05, 0.1) is 13.1 Å². The van der Waals surface area contributed by atoms with Crippen molar-refractivity contribution in [3.8, 4) is 0 Å². The zero-order valence-electron chi connectivity index (χ0n) is 25.1. The normalized spacial score (nSPS) is 16.0. The fraction of sp³-hybridized carbons (Fsp3) is 0.303. The lowest BCUT2D eigenvalue weighted by Crippen LogP contribution is -2.39. The van der Waals surface area contributed by atoms with E-state index in [2.05, 4.69) is 10.3 Å². The van der Waals surface area contributed by atoms with Crippen LogP contribution in [0.15, 0.2) is 71.7 Å². The molecular weight excluding hydrogens is 639 g/mol. The average molecular weight is 670 g/mol. The summed E-state index contributed by atoms with van der Waals surface area (Å²) in [5.41, 5.74) is 4.56. The van der Waals surface area contributed by atoms with Gasteiger partial charge < -0.3 is 25.1 Å². The van der Waals surface area contributed by atoms with E-state index < -0.39 is 12.1 Å². The van der Waals surface area contributed by atoms with E-state index in [4.69, 9.17) is 21.5 Å². The standard InChI is InChI=1S/C31H30ClN5O3.C2HF3O2/c32-26-11-9-23(10-12-26)31(40)36-19-25-8-7-24(29-33-13-14-34-29)17-27(25)37(28(38)20-36)18-21-3-5-22(6-4-21)30(39)35-15-1-2-16-35;3-2(4,5)1(6)7/h3-12,17H,1-2,13-16,18-20H2,(H,33,34);(H,6,7). The number of carboxylic acid groups (broad SMARTS) is 1. The first-order valence-corrected chi connectivity index (χ1v) is 15.2. The zero-order chi connectivity index (χ0) is 33.7. The van der Waals surface area contributed by atoms with Crippen LogP contribution in [0.3, 0.4) is 0 Å². The van der Waals surface area contributed by atoms with Crippen molar-refractivity contribution >= 4 is 46.8 Å². The quantitative estimate of drug-likeness (QED) is 0.405. The number of benzene rings is 3. The molecule has 3 heterocycles. The van der Waals surface area contributed by atoms with E-state index in [9.17, 15) is 27.6 Å². The molecule has 3 amide bonds. The second-order valence-electron chi connectivity index (χ2n) is 11.1. The number of amides is 3. The molecular formula is C33H31ClF3N5O5. The van der Waals surface area contributed by atoms with E-state index in [1.54, 1.807) is 34.1 Å². The van der Waals surface area contributed by atoms with Gasteiger partial charge in [-0.3, -0.25) is 19.4 Å². The van der Waals surface area contributed by atoms with Crippen LogP contribution in [0.1, 0.15) is 50.2 Å². The van der Waals surface area contributed by atoms with Crippen LogP contribution in [-0.4, -0.2) is 83.3 Å². The fourth-order valence-corrected chi connectivity index (χ4v) is 5.59. The number of nitrogens with one attached hydrogen (secondary N) is 1. The van der Waals surface area contributed by atoms with Crippen molar-refractivity contribution in [1.82, 2.24) is 15.1 Å². The summed E-state index contributed by atoms with van der Waals surface area (Å²) in [6.07, 6.45) is -3.00. The number of nitrogens with zero attached hydrogens (tertiary/aromatic N) is 4. The molecule has 3 aromatic rings. The predicted octanol–water partition coefficient (Wildman–Crippen LogP) is 4.75. The Morgan fingerprint density at radius 2 is 1.47 bits per heavy atom. The molecule has 10 nitrogen and oxygen atoms in total. The van der Waals surface area contributed by atoms with E-state index in [0.717, 1.165) is 60.7 Å². The summed E-state index contributed by atoms with van der Waals surface area (Å²) in [5.74, 6) is -2.32. The number of amidine groups is 1. The molecule has 0 bridgehead atoms. The fourth-order valence-electron chi connectivity index (χ4n) is 5.46. The molecule has 0 atom stereocenters. The second-order valence-corrected chi connectivity index (χ2v) is 11.6. The number of carbonyl (C=O) groups excluding carboxylic acids is 3. The van der Waals surface area contributed by atoms with Crippen molar-refractivity contribution in [2.24, 2.45) is 4.99 Å². The van der Waals surface area contributed by atoms with Gasteiger partial charge in [-0.15, -0.1) is 0 Å². The van der Waals surface area contributed by atoms with Crippen LogP contribution in [0.2, 0.25) is 5.02 Å². The van der Waals surface area contributed by atoms with Crippen LogP contribution >= 0.6 is 11.6 Å². The number of halogens is 4. The van der Waals surface area contributed by atoms with Gasteiger partial charge in [-0.25, -0.2) is 4.79 Å². The van der Waals surface area contributed by atoms with Crippen molar-refractivity contribution in [1.29, 1.82) is 0 Å². The van der Waals surface area contributed by atoms with Gasteiger partial charge in [0.2, 0.25) is 5.91 Å². The summed E-state index contributed by atoms with van der Waals surface area (Å²) in [7, 11) is 0. The summed E-state index contributed by atoms with van der Waals surface area (Å²) < 4.78 is 31.7. The highest BCUT2D eigenvalue weighted by atomic mass is 35.5. The van der Waals surface area contributed by atoms with E-state index in [1.165, 1.54) is 0 Å². The Kier molecular flexibility index (Phi) is 10.1. The lowest BCUT2D eigenvalue weighted by Gasteiger charge is -2.24. The predicted molar refractivity (Wildman–Crippen MR) is 169 cm³/mol. The molecule has 3 aromatic carbocycles. The maximum atomic E-state index is 13.8. The van der Waals surface area contributed by atoms with Gasteiger partial charge in [-0.2, -0.15) is 13.2 Å². The topological polar surface area (TPSA) is 123 Å². The molecule has 0 aliphatic carbocycles. The zero-order valence-corrected chi connectivity index (χ0v) is 25.9. The number of anilines is 1. The maximum absolute atomic E-state index is 13.8. The van der Waals surface area contributed by atoms with Crippen LogP contribution in [0.4, 0.5) is 18.9 Å². The SMILES string of the molecule is O=C(O)C(F)(F)F.O=C(c1ccc(CN2C(=O)CN(C(=O)c3ccc(Cl)cc3)Cc3ccc(C4=NCCN4)cc32)cc1)N1CCCC1. The number of rotatable bonds is 5. The van der Waals surface area contributed by atoms with Gasteiger partial charge in [0.1, 0.15) is 12.4 Å². The lowest BCUT2D eigenvalue weighted by molar-refractivity contribution is -0.192. The third-order valence-corrected chi connectivity index (χ3v) is 8.12. The first-order valence-electron chi connectivity index (χ1n) is 14.9. The van der Waals surface area contributed by atoms with Gasteiger partial charge >= 0.3 is 12.1 Å². The first kappa shape index (κ1) is 33.5. The highest BCUT2D eigenvalue weighted by Gasteiger charge is 2.38. The van der Waals surface area contributed by atoms with E-state index in [0.29, 0.717) is 35.8 Å². The van der Waals surface area contributed by atoms with Crippen molar-refractivity contribution in [3.63, 3.8) is 0 Å². The summed E-state index contributed by atoms with van der Waals surface area (Å²) in [5, 5.41) is 11.0. The van der Waals surface area contributed by atoms with Gasteiger partial charge in [0, 0.05) is 53.6 Å². The van der Waals surface area contributed by atoms with Crippen LogP contribution < -0.4 is 10.2 Å². The Hall–Kier alpha value is -4.91. The lowest BCUT2D eigenvalue weighted by atomic mass is 10.1. The molecule has 1 saturated heterocycles. The molecule has 6 rings (SSSR count). The Morgan fingerprint density at radius 3 is 2.04 bits per heavy atom. The maximum Gasteiger partial charge on any atom is 0.490 e. The summed E-state index contributed by atoms with van der Waals surface area (Å²) in [6.45, 7) is 3.64. The van der Waals surface area contributed by atoms with Gasteiger partial charge in [-0.1, -0.05) is 35.9 Å². The monoisotopic (exact) mass is 669 g/mol. The van der Waals surface area contributed by atoms with Gasteiger partial charge in [0.15, 0.2) is 0 Å². The minimum Gasteiger partial charge on any atom is -0.475 e. The number of hydrogen-bond acceptors (Lipinski definition) is 6. The van der Waals surface area contributed by atoms with Crippen LogP contribution in [0.5, 0.6) is 0 Å². The molecule has 2 N–H and O–H groups in total. The Labute approximate surface area is 273 Å². The molecule has 3 aliphatic heterocycles. The summed E-state index contributed by atoms with van der Waals surface area (Å²) >= 11 is 6.02. The average Bonchev–Trinajstić information content (AvgIpc) is 3.77. The molecule has 3 aliphatic rings. The smallest absolute Gasteiger partial charge is 0.475 e. The number of carbonyl (C=O) groups is 4. The molecule has 47 heavy (non-hydrogen) atoms. The number of aliphatic imine (C=N–C) groups is 1. The minimum absolute atomic E-state index is 0.0473. The van der Waals surface area contributed by atoms with E-state index in [-0.39, 0.29) is 24.3 Å². The highest BCUT2D eigenvalue weighted by Crippen LogP contribution is 2.30.